The SMILES string of the molecule is COc1ccc(-c2c(C)nn3c(N4CC[NH+](CCO)CC4)cc(C)nc23)cc1OC. The highest BCUT2D eigenvalue weighted by molar-refractivity contribution is 5.82. The lowest BCUT2D eigenvalue weighted by molar-refractivity contribution is -0.900. The Morgan fingerprint density at radius 1 is 1.07 bits per heavy atom. The van der Waals surface area contributed by atoms with Crippen LogP contribution in [0, 0.1) is 13.8 Å². The van der Waals surface area contributed by atoms with Crippen LogP contribution < -0.4 is 19.3 Å². The number of hydrogen-bond donors (Lipinski definition) is 2. The van der Waals surface area contributed by atoms with E-state index in [1.165, 1.54) is 4.90 Å². The lowest BCUT2D eigenvalue weighted by atomic mass is 10.1. The topological polar surface area (TPSA) is 76.6 Å². The van der Waals surface area contributed by atoms with Crippen LogP contribution in [0.25, 0.3) is 16.8 Å². The van der Waals surface area contributed by atoms with Crippen LogP contribution in [0.4, 0.5) is 5.82 Å². The number of methoxy groups -OCH3 is 2. The molecule has 0 saturated carbocycles. The summed E-state index contributed by atoms with van der Waals surface area (Å²) in [4.78, 5) is 8.65. The van der Waals surface area contributed by atoms with Crippen LogP contribution in [-0.2, 0) is 0 Å². The first-order chi connectivity index (χ1) is 14.5. The predicted molar refractivity (Wildman–Crippen MR) is 116 cm³/mol. The van der Waals surface area contributed by atoms with Gasteiger partial charge in [0, 0.05) is 17.3 Å². The Hall–Kier alpha value is -2.84. The number of quaternary nitrogens is 1. The van der Waals surface area contributed by atoms with E-state index in [0.717, 1.165) is 66.7 Å². The van der Waals surface area contributed by atoms with Gasteiger partial charge in [-0.05, 0) is 31.5 Å². The van der Waals surface area contributed by atoms with E-state index in [0.29, 0.717) is 11.5 Å². The number of nitrogens with one attached hydrogen (secondary N) is 1. The second-order valence-corrected chi connectivity index (χ2v) is 7.73. The summed E-state index contributed by atoms with van der Waals surface area (Å²) in [5.41, 5.74) is 4.74. The fourth-order valence-electron chi connectivity index (χ4n) is 4.24. The molecule has 0 spiro atoms. The maximum atomic E-state index is 9.22. The normalized spacial score (nSPS) is 15.0. The Bertz CT molecular complexity index is 1040. The highest BCUT2D eigenvalue weighted by atomic mass is 16.5. The number of hydrogen-bond acceptors (Lipinski definition) is 6. The average Bonchev–Trinajstić information content (AvgIpc) is 3.09. The van der Waals surface area contributed by atoms with Gasteiger partial charge in [-0.15, -0.1) is 0 Å². The van der Waals surface area contributed by atoms with Crippen LogP contribution in [0.5, 0.6) is 11.5 Å². The van der Waals surface area contributed by atoms with Crippen molar-refractivity contribution >= 4 is 11.5 Å². The van der Waals surface area contributed by atoms with E-state index in [9.17, 15) is 5.11 Å². The van der Waals surface area contributed by atoms with Gasteiger partial charge in [0.15, 0.2) is 17.1 Å². The van der Waals surface area contributed by atoms with Crippen molar-refractivity contribution in [2.24, 2.45) is 0 Å². The quantitative estimate of drug-likeness (QED) is 0.622. The van der Waals surface area contributed by atoms with Crippen molar-refractivity contribution in [3.8, 4) is 22.6 Å². The lowest BCUT2D eigenvalue weighted by Gasteiger charge is -2.33. The number of aliphatic hydroxyl groups excluding tert-OH is 1. The summed E-state index contributed by atoms with van der Waals surface area (Å²) >= 11 is 0. The van der Waals surface area contributed by atoms with E-state index in [-0.39, 0.29) is 6.61 Å². The molecule has 4 rings (SSSR count). The zero-order valence-corrected chi connectivity index (χ0v) is 18.1. The molecular weight excluding hydrogens is 382 g/mol. The number of piperazine rings is 1. The molecule has 1 fully saturated rings. The van der Waals surface area contributed by atoms with Crippen molar-refractivity contribution in [1.82, 2.24) is 14.6 Å². The van der Waals surface area contributed by atoms with E-state index >= 15 is 0 Å². The number of benzene rings is 1. The average molecular weight is 413 g/mol. The van der Waals surface area contributed by atoms with Crippen LogP contribution in [0.3, 0.4) is 0 Å². The second-order valence-electron chi connectivity index (χ2n) is 7.73. The Morgan fingerprint density at radius 3 is 2.47 bits per heavy atom. The van der Waals surface area contributed by atoms with Crippen molar-refractivity contribution in [3.63, 3.8) is 0 Å². The Balaban J connectivity index is 1.77. The molecule has 1 aromatic carbocycles. The molecular formula is C22H30N5O3+. The summed E-state index contributed by atoms with van der Waals surface area (Å²) in [6, 6.07) is 8.02. The molecule has 3 aromatic rings. The van der Waals surface area contributed by atoms with Crippen molar-refractivity contribution in [3.05, 3.63) is 35.7 Å². The van der Waals surface area contributed by atoms with Crippen molar-refractivity contribution in [2.45, 2.75) is 13.8 Å². The highest BCUT2D eigenvalue weighted by Crippen LogP contribution is 2.36. The number of fused-ring (bicyclic) bond motifs is 1. The fourth-order valence-corrected chi connectivity index (χ4v) is 4.24. The van der Waals surface area contributed by atoms with E-state index < -0.39 is 0 Å². The molecule has 1 saturated heterocycles. The number of aromatic nitrogens is 3. The standard InChI is InChI=1S/C22H29N5O3/c1-15-13-20(26-9-7-25(8-10-26)11-12-28)27-22(23-15)21(16(2)24-27)17-5-6-18(29-3)19(14-17)30-4/h5-6,13-14,28H,7-12H2,1-4H3/p+1. The number of nitrogens with zero attached hydrogens (tertiary/aromatic N) is 4. The number of ether oxygens (including phenoxy) is 2. The predicted octanol–water partition coefficient (Wildman–Crippen LogP) is 0.728. The van der Waals surface area contributed by atoms with Crippen molar-refractivity contribution in [2.75, 3.05) is 58.5 Å². The van der Waals surface area contributed by atoms with E-state index in [1.807, 2.05) is 36.6 Å². The van der Waals surface area contributed by atoms with Gasteiger partial charge < -0.3 is 24.4 Å². The van der Waals surface area contributed by atoms with Gasteiger partial charge in [0.05, 0.1) is 52.7 Å². The zero-order chi connectivity index (χ0) is 21.3. The smallest absolute Gasteiger partial charge is 0.165 e. The molecule has 3 heterocycles. The molecule has 30 heavy (non-hydrogen) atoms. The first-order valence-electron chi connectivity index (χ1n) is 10.3. The third-order valence-electron chi connectivity index (χ3n) is 5.81. The van der Waals surface area contributed by atoms with Gasteiger partial charge in [0.1, 0.15) is 12.4 Å². The number of aliphatic hydroxyl groups is 1. The van der Waals surface area contributed by atoms with Gasteiger partial charge in [-0.1, -0.05) is 6.07 Å². The van der Waals surface area contributed by atoms with Crippen molar-refractivity contribution in [1.29, 1.82) is 0 Å². The van der Waals surface area contributed by atoms with Crippen LogP contribution in [-0.4, -0.2) is 73.3 Å². The maximum Gasteiger partial charge on any atom is 0.165 e. The second kappa shape index (κ2) is 8.49. The van der Waals surface area contributed by atoms with E-state index in [4.69, 9.17) is 19.6 Å². The summed E-state index contributed by atoms with van der Waals surface area (Å²) in [7, 11) is 3.28. The van der Waals surface area contributed by atoms with E-state index in [1.54, 1.807) is 14.2 Å². The van der Waals surface area contributed by atoms with Crippen LogP contribution in [0.1, 0.15) is 11.4 Å². The lowest BCUT2D eigenvalue weighted by Crippen LogP contribution is -3.15. The van der Waals surface area contributed by atoms with Gasteiger partial charge in [-0.3, -0.25) is 0 Å². The molecule has 0 bridgehead atoms. The third-order valence-corrected chi connectivity index (χ3v) is 5.81. The number of rotatable bonds is 6. The Labute approximate surface area is 176 Å². The van der Waals surface area contributed by atoms with Crippen LogP contribution >= 0.6 is 0 Å². The molecule has 0 atom stereocenters. The molecule has 1 aliphatic rings. The van der Waals surface area contributed by atoms with Gasteiger partial charge in [-0.2, -0.15) is 9.61 Å². The molecule has 0 amide bonds. The molecule has 0 radical (unpaired) electrons. The molecule has 160 valence electrons. The minimum absolute atomic E-state index is 0.237. The minimum Gasteiger partial charge on any atom is -0.493 e. The van der Waals surface area contributed by atoms with Crippen molar-refractivity contribution < 1.29 is 19.5 Å². The molecule has 2 N–H and O–H groups in total. The molecule has 8 nitrogen and oxygen atoms in total. The largest absolute Gasteiger partial charge is 0.493 e. The van der Waals surface area contributed by atoms with E-state index in [2.05, 4.69) is 11.0 Å². The monoisotopic (exact) mass is 412 g/mol. The summed E-state index contributed by atoms with van der Waals surface area (Å²) in [5.74, 6) is 2.45. The summed E-state index contributed by atoms with van der Waals surface area (Å²) in [6.07, 6.45) is 0. The molecule has 1 aliphatic heterocycles. The van der Waals surface area contributed by atoms with Gasteiger partial charge in [-0.25, -0.2) is 4.98 Å². The first-order valence-corrected chi connectivity index (χ1v) is 10.3. The Kier molecular flexibility index (Phi) is 5.78. The summed E-state index contributed by atoms with van der Waals surface area (Å²) in [5, 5.41) is 14.1. The zero-order valence-electron chi connectivity index (χ0n) is 18.1. The van der Waals surface area contributed by atoms with Crippen LogP contribution in [0.2, 0.25) is 0 Å². The molecule has 8 heteroatoms. The van der Waals surface area contributed by atoms with Gasteiger partial charge in [0.25, 0.3) is 0 Å². The highest BCUT2D eigenvalue weighted by Gasteiger charge is 2.24. The molecule has 2 aromatic heterocycles. The minimum atomic E-state index is 0.237. The third kappa shape index (κ3) is 3.68. The van der Waals surface area contributed by atoms with Gasteiger partial charge >= 0.3 is 0 Å². The number of anilines is 1. The fraction of sp³-hybridized carbons (Fsp3) is 0.455. The summed E-state index contributed by atoms with van der Waals surface area (Å²) < 4.78 is 12.8. The molecule has 0 unspecified atom stereocenters. The summed E-state index contributed by atoms with van der Waals surface area (Å²) in [6.45, 7) is 8.96. The maximum absolute atomic E-state index is 9.22. The number of aryl methyl sites for hydroxylation is 2. The van der Waals surface area contributed by atoms with Crippen LogP contribution in [0.15, 0.2) is 24.3 Å². The van der Waals surface area contributed by atoms with Gasteiger partial charge in [0.2, 0.25) is 0 Å². The molecule has 0 aliphatic carbocycles. The first kappa shape index (κ1) is 20.4. The Morgan fingerprint density at radius 2 is 1.80 bits per heavy atom.